The third-order valence-electron chi connectivity index (χ3n) is 4.26. The third kappa shape index (κ3) is 7.21. The fourth-order valence-corrected chi connectivity index (χ4v) is 3.84. The first-order valence-electron chi connectivity index (χ1n) is 9.15. The SMILES string of the molecule is CCNC(=O)C(C)N(Cc1ccc(F)cc1)C(=O)CSCc1ccc(Cl)c(Cl)c1. The zero-order valence-corrected chi connectivity index (χ0v) is 18.6. The molecule has 0 heterocycles. The summed E-state index contributed by atoms with van der Waals surface area (Å²) in [6.45, 7) is 4.22. The van der Waals surface area contributed by atoms with Crippen LogP contribution in [0.25, 0.3) is 0 Å². The molecule has 0 aliphatic rings. The van der Waals surface area contributed by atoms with E-state index in [0.717, 1.165) is 11.1 Å². The van der Waals surface area contributed by atoms with Gasteiger partial charge in [-0.3, -0.25) is 9.59 Å². The summed E-state index contributed by atoms with van der Waals surface area (Å²) in [6.07, 6.45) is 0. The number of benzene rings is 2. The van der Waals surface area contributed by atoms with Gasteiger partial charge < -0.3 is 10.2 Å². The number of likely N-dealkylation sites (N-methyl/N-ethyl adjacent to an activating group) is 1. The molecule has 4 nitrogen and oxygen atoms in total. The molecule has 2 rings (SSSR count). The number of rotatable bonds is 9. The minimum absolute atomic E-state index is 0.168. The van der Waals surface area contributed by atoms with Crippen molar-refractivity contribution in [2.24, 2.45) is 0 Å². The molecule has 2 amide bonds. The lowest BCUT2D eigenvalue weighted by Gasteiger charge is -2.28. The van der Waals surface area contributed by atoms with E-state index in [9.17, 15) is 14.0 Å². The molecule has 2 aromatic carbocycles. The molecule has 29 heavy (non-hydrogen) atoms. The van der Waals surface area contributed by atoms with Gasteiger partial charge in [-0.05, 0) is 49.2 Å². The maximum absolute atomic E-state index is 13.2. The number of nitrogens with one attached hydrogen (secondary N) is 1. The van der Waals surface area contributed by atoms with Crippen molar-refractivity contribution in [3.63, 3.8) is 0 Å². The number of carbonyl (C=O) groups is 2. The molecule has 1 unspecified atom stereocenters. The Hall–Kier alpha value is -1.76. The number of hydrogen-bond acceptors (Lipinski definition) is 3. The standard InChI is InChI=1S/C21H23Cl2FN2O2S/c1-3-25-21(28)14(2)26(11-15-4-7-17(24)8-5-15)20(27)13-29-12-16-6-9-18(22)19(23)10-16/h4-10,14H,3,11-13H2,1-2H3,(H,25,28). The van der Waals surface area contributed by atoms with Gasteiger partial charge in [-0.2, -0.15) is 0 Å². The van der Waals surface area contributed by atoms with Crippen molar-refractivity contribution in [2.45, 2.75) is 32.2 Å². The van der Waals surface area contributed by atoms with Crippen LogP contribution in [-0.2, 0) is 21.9 Å². The molecular weight excluding hydrogens is 434 g/mol. The molecule has 0 spiro atoms. The van der Waals surface area contributed by atoms with Gasteiger partial charge in [0.1, 0.15) is 11.9 Å². The monoisotopic (exact) mass is 456 g/mol. The molecule has 0 fully saturated rings. The van der Waals surface area contributed by atoms with Crippen LogP contribution in [0.2, 0.25) is 10.0 Å². The van der Waals surface area contributed by atoms with Crippen molar-refractivity contribution in [1.82, 2.24) is 10.2 Å². The number of hydrogen-bond donors (Lipinski definition) is 1. The number of halogens is 3. The molecule has 1 atom stereocenters. The summed E-state index contributed by atoms with van der Waals surface area (Å²) in [4.78, 5) is 26.7. The number of nitrogens with zero attached hydrogens (tertiary/aromatic N) is 1. The normalized spacial score (nSPS) is 11.8. The average Bonchev–Trinajstić information content (AvgIpc) is 2.69. The smallest absolute Gasteiger partial charge is 0.242 e. The van der Waals surface area contributed by atoms with Crippen LogP contribution >= 0.6 is 35.0 Å². The van der Waals surface area contributed by atoms with Crippen LogP contribution in [0, 0.1) is 5.82 Å². The predicted octanol–water partition coefficient (Wildman–Crippen LogP) is 4.92. The Kier molecular flexibility index (Phi) is 9.27. The Morgan fingerprint density at radius 2 is 1.76 bits per heavy atom. The molecule has 0 saturated heterocycles. The number of thioether (sulfide) groups is 1. The quantitative estimate of drug-likeness (QED) is 0.582. The number of carbonyl (C=O) groups excluding carboxylic acids is 2. The Bertz CT molecular complexity index is 849. The highest BCUT2D eigenvalue weighted by molar-refractivity contribution is 7.99. The maximum atomic E-state index is 13.2. The molecular formula is C21H23Cl2FN2O2S. The Labute approximate surface area is 184 Å². The van der Waals surface area contributed by atoms with Crippen LogP contribution in [-0.4, -0.2) is 35.1 Å². The van der Waals surface area contributed by atoms with Crippen molar-refractivity contribution < 1.29 is 14.0 Å². The highest BCUT2D eigenvalue weighted by atomic mass is 35.5. The van der Waals surface area contributed by atoms with E-state index in [1.165, 1.54) is 28.8 Å². The van der Waals surface area contributed by atoms with E-state index in [1.54, 1.807) is 31.2 Å². The minimum atomic E-state index is -0.641. The highest BCUT2D eigenvalue weighted by Crippen LogP contribution is 2.25. The van der Waals surface area contributed by atoms with Crippen LogP contribution in [0.5, 0.6) is 0 Å². The summed E-state index contributed by atoms with van der Waals surface area (Å²) >= 11 is 13.4. The first-order chi connectivity index (χ1) is 13.8. The Morgan fingerprint density at radius 3 is 2.38 bits per heavy atom. The van der Waals surface area contributed by atoms with E-state index in [4.69, 9.17) is 23.2 Å². The van der Waals surface area contributed by atoms with Crippen molar-refractivity contribution in [3.8, 4) is 0 Å². The molecule has 8 heteroatoms. The van der Waals surface area contributed by atoms with E-state index in [1.807, 2.05) is 13.0 Å². The van der Waals surface area contributed by atoms with Gasteiger partial charge >= 0.3 is 0 Å². The molecule has 0 bridgehead atoms. The van der Waals surface area contributed by atoms with Crippen LogP contribution in [0.4, 0.5) is 4.39 Å². The second kappa shape index (κ2) is 11.4. The van der Waals surface area contributed by atoms with E-state index in [2.05, 4.69) is 5.32 Å². The molecule has 0 radical (unpaired) electrons. The summed E-state index contributed by atoms with van der Waals surface area (Å²) < 4.78 is 13.2. The zero-order valence-electron chi connectivity index (χ0n) is 16.3. The third-order valence-corrected chi connectivity index (χ3v) is 5.99. The van der Waals surface area contributed by atoms with Gasteiger partial charge in [0.15, 0.2) is 0 Å². The molecule has 2 aromatic rings. The van der Waals surface area contributed by atoms with Gasteiger partial charge in [-0.25, -0.2) is 4.39 Å². The first-order valence-corrected chi connectivity index (χ1v) is 11.1. The largest absolute Gasteiger partial charge is 0.355 e. The predicted molar refractivity (Wildman–Crippen MR) is 118 cm³/mol. The lowest BCUT2D eigenvalue weighted by molar-refractivity contribution is -0.138. The van der Waals surface area contributed by atoms with Crippen molar-refractivity contribution in [3.05, 3.63) is 69.5 Å². The molecule has 0 saturated carbocycles. The van der Waals surface area contributed by atoms with E-state index < -0.39 is 6.04 Å². The van der Waals surface area contributed by atoms with Crippen LogP contribution in [0.15, 0.2) is 42.5 Å². The van der Waals surface area contributed by atoms with Gasteiger partial charge in [-0.1, -0.05) is 41.4 Å². The van der Waals surface area contributed by atoms with E-state index in [-0.39, 0.29) is 29.9 Å². The van der Waals surface area contributed by atoms with Crippen LogP contribution in [0.3, 0.4) is 0 Å². The lowest BCUT2D eigenvalue weighted by Crippen LogP contribution is -2.48. The average molecular weight is 457 g/mol. The Balaban J connectivity index is 2.05. The summed E-state index contributed by atoms with van der Waals surface area (Å²) in [6, 6.07) is 10.6. The second-order valence-corrected chi connectivity index (χ2v) is 8.26. The van der Waals surface area contributed by atoms with Gasteiger partial charge in [0.05, 0.1) is 15.8 Å². The van der Waals surface area contributed by atoms with Crippen molar-refractivity contribution in [2.75, 3.05) is 12.3 Å². The van der Waals surface area contributed by atoms with Crippen molar-refractivity contribution in [1.29, 1.82) is 0 Å². The molecule has 0 aliphatic carbocycles. The number of amides is 2. The zero-order chi connectivity index (χ0) is 21.4. The summed E-state index contributed by atoms with van der Waals surface area (Å²) in [5, 5.41) is 3.70. The second-order valence-electron chi connectivity index (χ2n) is 6.46. The molecule has 0 aromatic heterocycles. The van der Waals surface area contributed by atoms with Crippen molar-refractivity contribution >= 4 is 46.8 Å². The highest BCUT2D eigenvalue weighted by Gasteiger charge is 2.25. The van der Waals surface area contributed by atoms with Crippen LogP contribution < -0.4 is 5.32 Å². The summed E-state index contributed by atoms with van der Waals surface area (Å²) in [7, 11) is 0. The lowest BCUT2D eigenvalue weighted by atomic mass is 10.1. The van der Waals surface area contributed by atoms with Gasteiger partial charge in [0.25, 0.3) is 0 Å². The fourth-order valence-electron chi connectivity index (χ4n) is 2.66. The first kappa shape index (κ1) is 23.5. The minimum Gasteiger partial charge on any atom is -0.355 e. The fraction of sp³-hybridized carbons (Fsp3) is 0.333. The van der Waals surface area contributed by atoms with E-state index >= 15 is 0 Å². The molecule has 0 aliphatic heterocycles. The van der Waals surface area contributed by atoms with Gasteiger partial charge in [0.2, 0.25) is 11.8 Å². The Morgan fingerprint density at radius 1 is 1.10 bits per heavy atom. The molecule has 1 N–H and O–H groups in total. The van der Waals surface area contributed by atoms with Crippen LogP contribution in [0.1, 0.15) is 25.0 Å². The topological polar surface area (TPSA) is 49.4 Å². The summed E-state index contributed by atoms with van der Waals surface area (Å²) in [5.74, 6) is 0.0458. The van der Waals surface area contributed by atoms with Gasteiger partial charge in [0, 0.05) is 18.8 Å². The maximum Gasteiger partial charge on any atom is 0.242 e. The summed E-state index contributed by atoms with van der Waals surface area (Å²) in [5.41, 5.74) is 1.71. The van der Waals surface area contributed by atoms with E-state index in [0.29, 0.717) is 22.3 Å². The van der Waals surface area contributed by atoms with Gasteiger partial charge in [-0.15, -0.1) is 11.8 Å². The molecule has 156 valence electrons.